The Bertz CT molecular complexity index is 751. The minimum absolute atomic E-state index is 0.0251. The summed E-state index contributed by atoms with van der Waals surface area (Å²) >= 11 is 5.97. The molecule has 0 aliphatic carbocycles. The fraction of sp³-hybridized carbons (Fsp3) is 0.529. The molecule has 2 rings (SSSR count). The number of benzene rings is 1. The molecule has 1 aliphatic rings. The Labute approximate surface area is 153 Å². The zero-order valence-electron chi connectivity index (χ0n) is 14.4. The van der Waals surface area contributed by atoms with Crippen LogP contribution >= 0.6 is 11.6 Å². The third kappa shape index (κ3) is 5.19. The number of sulfone groups is 1. The Kier molecular flexibility index (Phi) is 6.46. The predicted molar refractivity (Wildman–Crippen MR) is 98.5 cm³/mol. The van der Waals surface area contributed by atoms with Crippen LogP contribution in [0.5, 0.6) is 0 Å². The summed E-state index contributed by atoms with van der Waals surface area (Å²) < 4.78 is 23.3. The highest BCUT2D eigenvalue weighted by Crippen LogP contribution is 2.21. The lowest BCUT2D eigenvalue weighted by molar-refractivity contribution is -0.132. The Morgan fingerprint density at radius 1 is 1.32 bits per heavy atom. The van der Waals surface area contributed by atoms with Crippen molar-refractivity contribution in [3.8, 4) is 0 Å². The molecule has 1 fully saturated rings. The molecule has 1 aliphatic heterocycles. The Morgan fingerprint density at radius 2 is 2.04 bits per heavy atom. The second-order valence-corrected chi connectivity index (χ2v) is 8.80. The maximum absolute atomic E-state index is 12.6. The van der Waals surface area contributed by atoms with Crippen molar-refractivity contribution in [1.29, 1.82) is 0 Å². The van der Waals surface area contributed by atoms with Crippen LogP contribution in [-0.4, -0.2) is 55.8 Å². The van der Waals surface area contributed by atoms with E-state index in [4.69, 9.17) is 11.6 Å². The van der Waals surface area contributed by atoms with E-state index in [1.165, 1.54) is 11.8 Å². The zero-order chi connectivity index (χ0) is 18.6. The van der Waals surface area contributed by atoms with E-state index in [9.17, 15) is 18.0 Å². The molecule has 8 heteroatoms. The maximum atomic E-state index is 12.6. The highest BCUT2D eigenvalue weighted by atomic mass is 35.5. The van der Waals surface area contributed by atoms with Crippen molar-refractivity contribution in [2.24, 2.45) is 0 Å². The summed E-state index contributed by atoms with van der Waals surface area (Å²) in [5.41, 5.74) is 0.638. The molecule has 1 aromatic carbocycles. The highest BCUT2D eigenvalue weighted by molar-refractivity contribution is 7.91. The number of anilines is 1. The van der Waals surface area contributed by atoms with Crippen molar-refractivity contribution in [2.45, 2.75) is 32.7 Å². The number of nitrogens with zero attached hydrogens (tertiary/aromatic N) is 2. The van der Waals surface area contributed by atoms with Gasteiger partial charge in [-0.25, -0.2) is 8.42 Å². The molecule has 25 heavy (non-hydrogen) atoms. The third-order valence-corrected chi connectivity index (χ3v) is 6.34. The van der Waals surface area contributed by atoms with Crippen molar-refractivity contribution in [3.63, 3.8) is 0 Å². The molecule has 0 N–H and O–H groups in total. The van der Waals surface area contributed by atoms with Gasteiger partial charge in [0, 0.05) is 43.2 Å². The summed E-state index contributed by atoms with van der Waals surface area (Å²) in [5, 5.41) is 0.515. The molecule has 1 saturated heterocycles. The van der Waals surface area contributed by atoms with Crippen LogP contribution in [0.3, 0.4) is 0 Å². The average Bonchev–Trinajstić information content (AvgIpc) is 2.88. The van der Waals surface area contributed by atoms with Gasteiger partial charge in [-0.3, -0.25) is 9.59 Å². The molecule has 1 atom stereocenters. The largest absolute Gasteiger partial charge is 0.339 e. The van der Waals surface area contributed by atoms with Crippen LogP contribution in [0.1, 0.15) is 26.7 Å². The van der Waals surface area contributed by atoms with Gasteiger partial charge in [-0.05, 0) is 31.5 Å². The van der Waals surface area contributed by atoms with Crippen molar-refractivity contribution in [2.75, 3.05) is 29.5 Å². The molecule has 0 bridgehead atoms. The molecule has 0 radical (unpaired) electrons. The standard InChI is InChI=1S/C17H23ClN2O4S/c1-3-19(16-8-10-25(23,24)12-16)17(22)7-9-20(13(2)21)15-6-4-5-14(18)11-15/h4-6,11,16H,3,7-10,12H2,1-2H3. The summed E-state index contributed by atoms with van der Waals surface area (Å²) in [6.07, 6.45) is 0.614. The molecule has 1 unspecified atom stereocenters. The molecule has 0 aromatic heterocycles. The van der Waals surface area contributed by atoms with Gasteiger partial charge in [0.2, 0.25) is 11.8 Å². The van der Waals surface area contributed by atoms with Crippen molar-refractivity contribution < 1.29 is 18.0 Å². The van der Waals surface area contributed by atoms with E-state index in [2.05, 4.69) is 0 Å². The Morgan fingerprint density at radius 3 is 2.56 bits per heavy atom. The van der Waals surface area contributed by atoms with E-state index in [0.29, 0.717) is 23.7 Å². The summed E-state index contributed by atoms with van der Waals surface area (Å²) in [6.45, 7) is 3.95. The summed E-state index contributed by atoms with van der Waals surface area (Å²) in [7, 11) is -3.05. The van der Waals surface area contributed by atoms with Gasteiger partial charge in [-0.1, -0.05) is 17.7 Å². The Balaban J connectivity index is 2.04. The van der Waals surface area contributed by atoms with Gasteiger partial charge >= 0.3 is 0 Å². The average molecular weight is 387 g/mol. The first-order chi connectivity index (χ1) is 11.7. The second kappa shape index (κ2) is 8.19. The maximum Gasteiger partial charge on any atom is 0.224 e. The molecular formula is C17H23ClN2O4S. The van der Waals surface area contributed by atoms with Crippen molar-refractivity contribution >= 4 is 38.9 Å². The molecule has 6 nitrogen and oxygen atoms in total. The number of hydrogen-bond donors (Lipinski definition) is 0. The summed E-state index contributed by atoms with van der Waals surface area (Å²) in [5.74, 6) is -0.166. The predicted octanol–water partition coefficient (Wildman–Crippen LogP) is 2.12. The molecule has 0 spiro atoms. The molecule has 2 amide bonds. The van der Waals surface area contributed by atoms with Crippen LogP contribution in [0.15, 0.2) is 24.3 Å². The van der Waals surface area contributed by atoms with Gasteiger partial charge in [-0.15, -0.1) is 0 Å². The fourth-order valence-corrected chi connectivity index (χ4v) is 5.04. The minimum atomic E-state index is -3.05. The van der Waals surface area contributed by atoms with E-state index in [1.54, 1.807) is 29.2 Å². The summed E-state index contributed by atoms with van der Waals surface area (Å²) in [4.78, 5) is 27.6. The van der Waals surface area contributed by atoms with Gasteiger partial charge in [0.05, 0.1) is 11.5 Å². The SMILES string of the molecule is CCN(C(=O)CCN(C(C)=O)c1cccc(Cl)c1)C1CCS(=O)(=O)C1. The first-order valence-electron chi connectivity index (χ1n) is 8.27. The monoisotopic (exact) mass is 386 g/mol. The second-order valence-electron chi connectivity index (χ2n) is 6.14. The minimum Gasteiger partial charge on any atom is -0.339 e. The smallest absolute Gasteiger partial charge is 0.224 e. The molecule has 1 aromatic rings. The Hall–Kier alpha value is -1.60. The van der Waals surface area contributed by atoms with Crippen LogP contribution in [-0.2, 0) is 19.4 Å². The third-order valence-electron chi connectivity index (χ3n) is 4.36. The van der Waals surface area contributed by atoms with E-state index in [1.807, 2.05) is 6.92 Å². The number of hydrogen-bond acceptors (Lipinski definition) is 4. The van der Waals surface area contributed by atoms with Crippen LogP contribution in [0, 0.1) is 0 Å². The van der Waals surface area contributed by atoms with Gasteiger partial charge in [-0.2, -0.15) is 0 Å². The molecular weight excluding hydrogens is 364 g/mol. The number of amides is 2. The highest BCUT2D eigenvalue weighted by Gasteiger charge is 2.33. The quantitative estimate of drug-likeness (QED) is 0.750. The topological polar surface area (TPSA) is 74.8 Å². The fourth-order valence-electron chi connectivity index (χ4n) is 3.12. The van der Waals surface area contributed by atoms with Gasteiger partial charge < -0.3 is 9.80 Å². The van der Waals surface area contributed by atoms with E-state index < -0.39 is 9.84 Å². The van der Waals surface area contributed by atoms with Crippen molar-refractivity contribution in [3.05, 3.63) is 29.3 Å². The van der Waals surface area contributed by atoms with E-state index >= 15 is 0 Å². The normalized spacial score (nSPS) is 18.8. The number of rotatable bonds is 6. The number of carbonyl (C=O) groups is 2. The lowest BCUT2D eigenvalue weighted by Gasteiger charge is -2.28. The van der Waals surface area contributed by atoms with Crippen LogP contribution in [0.4, 0.5) is 5.69 Å². The van der Waals surface area contributed by atoms with Gasteiger partial charge in [0.25, 0.3) is 0 Å². The molecule has 1 heterocycles. The van der Waals surface area contributed by atoms with Crippen LogP contribution < -0.4 is 4.90 Å². The first kappa shape index (κ1) is 19.7. The number of halogens is 1. The van der Waals surface area contributed by atoms with Gasteiger partial charge in [0.15, 0.2) is 9.84 Å². The van der Waals surface area contributed by atoms with Crippen molar-refractivity contribution in [1.82, 2.24) is 4.90 Å². The van der Waals surface area contributed by atoms with E-state index in [-0.39, 0.29) is 42.3 Å². The van der Waals surface area contributed by atoms with Gasteiger partial charge in [0.1, 0.15) is 0 Å². The van der Waals surface area contributed by atoms with Crippen LogP contribution in [0.25, 0.3) is 0 Å². The first-order valence-corrected chi connectivity index (χ1v) is 10.5. The lowest BCUT2D eigenvalue weighted by Crippen LogP contribution is -2.42. The summed E-state index contributed by atoms with van der Waals surface area (Å²) in [6, 6.07) is 6.64. The molecule has 138 valence electrons. The lowest BCUT2D eigenvalue weighted by atomic mass is 10.2. The van der Waals surface area contributed by atoms with E-state index in [0.717, 1.165) is 0 Å². The zero-order valence-corrected chi connectivity index (χ0v) is 16.0. The van der Waals surface area contributed by atoms with Crippen LogP contribution in [0.2, 0.25) is 5.02 Å². The number of carbonyl (C=O) groups excluding carboxylic acids is 2. The molecule has 0 saturated carbocycles.